The Hall–Kier alpha value is -0.750. The fraction of sp³-hybridized carbons (Fsp3) is 0.857. The largest absolute Gasteiger partial charge is 0.255 e. The van der Waals surface area contributed by atoms with Gasteiger partial charge in [-0.2, -0.15) is 5.26 Å². The Labute approximate surface area is 62.6 Å². The van der Waals surface area contributed by atoms with Crippen LogP contribution in [0, 0.1) is 11.5 Å². The van der Waals surface area contributed by atoms with E-state index in [1.807, 2.05) is 38.9 Å². The van der Waals surface area contributed by atoms with Crippen LogP contribution in [0.15, 0.2) is 0 Å². The normalized spacial score (nSPS) is 10.6. The minimum absolute atomic E-state index is 0.361. The molecular weight excluding hydrogens is 126 g/mol. The van der Waals surface area contributed by atoms with Gasteiger partial charge in [-0.1, -0.05) is 0 Å². The topological polar surface area (TPSA) is 39.1 Å². The van der Waals surface area contributed by atoms with E-state index in [0.29, 0.717) is 12.1 Å². The van der Waals surface area contributed by atoms with Crippen LogP contribution in [0.1, 0.15) is 27.7 Å². The van der Waals surface area contributed by atoms with Gasteiger partial charge in [0, 0.05) is 12.1 Å². The summed E-state index contributed by atoms with van der Waals surface area (Å²) in [5.41, 5.74) is 2.62. The second kappa shape index (κ2) is 4.13. The first-order valence-corrected chi connectivity index (χ1v) is 3.52. The molecule has 0 spiro atoms. The van der Waals surface area contributed by atoms with Gasteiger partial charge >= 0.3 is 0 Å². The Morgan fingerprint density at radius 1 is 1.20 bits per heavy atom. The van der Waals surface area contributed by atoms with Gasteiger partial charge in [0.15, 0.2) is 6.19 Å². The third kappa shape index (κ3) is 2.70. The molecule has 0 amide bonds. The number of hydrogen-bond donors (Lipinski definition) is 1. The molecule has 0 radical (unpaired) electrons. The van der Waals surface area contributed by atoms with Crippen LogP contribution in [0.2, 0.25) is 0 Å². The van der Waals surface area contributed by atoms with E-state index in [2.05, 4.69) is 5.43 Å². The SMILES string of the molecule is CC(C)N(NC#N)C(C)C. The van der Waals surface area contributed by atoms with Gasteiger partial charge in [-0.15, -0.1) is 0 Å². The van der Waals surface area contributed by atoms with Crippen molar-refractivity contribution in [1.29, 1.82) is 5.26 Å². The van der Waals surface area contributed by atoms with Crippen molar-refractivity contribution in [2.75, 3.05) is 0 Å². The molecule has 1 N–H and O–H groups in total. The number of hydrazine groups is 1. The highest BCUT2D eigenvalue weighted by Crippen LogP contribution is 1.98. The van der Waals surface area contributed by atoms with Gasteiger partial charge in [-0.3, -0.25) is 5.43 Å². The van der Waals surface area contributed by atoms with Gasteiger partial charge < -0.3 is 0 Å². The molecule has 0 aliphatic heterocycles. The van der Waals surface area contributed by atoms with Crippen LogP contribution >= 0.6 is 0 Å². The predicted octanol–water partition coefficient (Wildman–Crippen LogP) is 1.09. The van der Waals surface area contributed by atoms with Crippen molar-refractivity contribution in [1.82, 2.24) is 10.4 Å². The summed E-state index contributed by atoms with van der Waals surface area (Å²) < 4.78 is 0. The molecule has 0 aliphatic carbocycles. The average molecular weight is 141 g/mol. The number of nitriles is 1. The van der Waals surface area contributed by atoms with E-state index in [1.54, 1.807) is 0 Å². The summed E-state index contributed by atoms with van der Waals surface area (Å²) in [6.07, 6.45) is 1.91. The zero-order chi connectivity index (χ0) is 8.15. The lowest BCUT2D eigenvalue weighted by Crippen LogP contribution is -2.45. The Morgan fingerprint density at radius 3 is 1.70 bits per heavy atom. The van der Waals surface area contributed by atoms with E-state index in [-0.39, 0.29) is 0 Å². The monoisotopic (exact) mass is 141 g/mol. The van der Waals surface area contributed by atoms with Crippen LogP contribution < -0.4 is 5.43 Å². The van der Waals surface area contributed by atoms with Gasteiger partial charge in [0.25, 0.3) is 0 Å². The highest BCUT2D eigenvalue weighted by Gasteiger charge is 2.10. The molecule has 0 rings (SSSR count). The summed E-state index contributed by atoms with van der Waals surface area (Å²) >= 11 is 0. The molecule has 0 atom stereocenters. The number of nitrogens with one attached hydrogen (secondary N) is 1. The van der Waals surface area contributed by atoms with Gasteiger partial charge in [-0.05, 0) is 27.7 Å². The first-order valence-electron chi connectivity index (χ1n) is 3.52. The lowest BCUT2D eigenvalue weighted by Gasteiger charge is -2.27. The van der Waals surface area contributed by atoms with Crippen molar-refractivity contribution < 1.29 is 0 Å². The van der Waals surface area contributed by atoms with Crippen LogP contribution in [-0.2, 0) is 0 Å². The highest BCUT2D eigenvalue weighted by atomic mass is 15.5. The molecule has 0 unspecified atom stereocenters. The number of rotatable bonds is 3. The van der Waals surface area contributed by atoms with Gasteiger partial charge in [0.2, 0.25) is 0 Å². The second-order valence-electron chi connectivity index (χ2n) is 2.82. The van der Waals surface area contributed by atoms with E-state index < -0.39 is 0 Å². The third-order valence-corrected chi connectivity index (χ3v) is 1.29. The van der Waals surface area contributed by atoms with Gasteiger partial charge in [-0.25, -0.2) is 5.01 Å². The standard InChI is InChI=1S/C7H15N3/c1-6(2)10(7(3)4)9-5-8/h6-7,9H,1-4H3. The first kappa shape index (κ1) is 9.25. The number of hydrogen-bond acceptors (Lipinski definition) is 3. The Morgan fingerprint density at radius 2 is 1.60 bits per heavy atom. The lowest BCUT2D eigenvalue weighted by atomic mass is 10.3. The van der Waals surface area contributed by atoms with Crippen LogP contribution in [0.4, 0.5) is 0 Å². The fourth-order valence-corrected chi connectivity index (χ4v) is 0.912. The van der Waals surface area contributed by atoms with E-state index >= 15 is 0 Å². The summed E-state index contributed by atoms with van der Waals surface area (Å²) in [5.74, 6) is 0. The molecule has 3 heteroatoms. The molecule has 0 saturated carbocycles. The van der Waals surface area contributed by atoms with Gasteiger partial charge in [0.1, 0.15) is 0 Å². The van der Waals surface area contributed by atoms with Crippen LogP contribution in [0.3, 0.4) is 0 Å². The van der Waals surface area contributed by atoms with Crippen molar-refractivity contribution in [3.05, 3.63) is 0 Å². The molecule has 0 saturated heterocycles. The zero-order valence-corrected chi connectivity index (χ0v) is 7.05. The van der Waals surface area contributed by atoms with Crippen LogP contribution in [0.25, 0.3) is 0 Å². The summed E-state index contributed by atoms with van der Waals surface area (Å²) in [6.45, 7) is 8.18. The molecule has 0 fully saturated rings. The van der Waals surface area contributed by atoms with Crippen molar-refractivity contribution in [2.24, 2.45) is 0 Å². The molecule has 0 aromatic rings. The maximum absolute atomic E-state index is 8.33. The summed E-state index contributed by atoms with van der Waals surface area (Å²) in [6, 6.07) is 0.722. The summed E-state index contributed by atoms with van der Waals surface area (Å²) in [7, 11) is 0. The minimum Gasteiger partial charge on any atom is -0.255 e. The third-order valence-electron chi connectivity index (χ3n) is 1.29. The molecule has 0 heterocycles. The quantitative estimate of drug-likeness (QED) is 0.363. The molecule has 10 heavy (non-hydrogen) atoms. The van der Waals surface area contributed by atoms with Crippen molar-refractivity contribution >= 4 is 0 Å². The van der Waals surface area contributed by atoms with E-state index in [0.717, 1.165) is 0 Å². The second-order valence-corrected chi connectivity index (χ2v) is 2.82. The van der Waals surface area contributed by atoms with E-state index in [1.165, 1.54) is 0 Å². The highest BCUT2D eigenvalue weighted by molar-refractivity contribution is 4.70. The van der Waals surface area contributed by atoms with Crippen LogP contribution in [0.5, 0.6) is 0 Å². The van der Waals surface area contributed by atoms with E-state index in [4.69, 9.17) is 5.26 Å². The fourth-order valence-electron chi connectivity index (χ4n) is 0.912. The average Bonchev–Trinajstić information content (AvgIpc) is 1.81. The maximum atomic E-state index is 8.33. The molecule has 0 aliphatic rings. The smallest absolute Gasteiger partial charge is 0.192 e. The summed E-state index contributed by atoms with van der Waals surface area (Å²) in [4.78, 5) is 0. The van der Waals surface area contributed by atoms with Crippen molar-refractivity contribution in [3.63, 3.8) is 0 Å². The Bertz CT molecular complexity index is 115. The number of nitrogens with zero attached hydrogens (tertiary/aromatic N) is 2. The molecule has 0 aromatic heterocycles. The molecule has 0 aromatic carbocycles. The molecule has 0 bridgehead atoms. The predicted molar refractivity (Wildman–Crippen MR) is 40.9 cm³/mol. The molecular formula is C7H15N3. The first-order chi connectivity index (χ1) is 4.59. The zero-order valence-electron chi connectivity index (χ0n) is 7.05. The Kier molecular flexibility index (Phi) is 3.82. The van der Waals surface area contributed by atoms with Crippen LogP contribution in [-0.4, -0.2) is 17.1 Å². The minimum atomic E-state index is 0.361. The lowest BCUT2D eigenvalue weighted by molar-refractivity contribution is 0.133. The molecule has 3 nitrogen and oxygen atoms in total. The molecule has 58 valence electrons. The van der Waals surface area contributed by atoms with Crippen molar-refractivity contribution in [3.8, 4) is 6.19 Å². The maximum Gasteiger partial charge on any atom is 0.192 e. The van der Waals surface area contributed by atoms with E-state index in [9.17, 15) is 0 Å². The van der Waals surface area contributed by atoms with Crippen molar-refractivity contribution in [2.45, 2.75) is 39.8 Å². The van der Waals surface area contributed by atoms with Gasteiger partial charge in [0.05, 0.1) is 0 Å². The Balaban J connectivity index is 3.88. The summed E-state index contributed by atoms with van der Waals surface area (Å²) in [5, 5.41) is 10.2.